The zero-order valence-corrected chi connectivity index (χ0v) is 78.3. The quantitative estimate of drug-likeness (QED) is 0.105. The van der Waals surface area contributed by atoms with Crippen LogP contribution in [0.2, 0.25) is 0 Å². The van der Waals surface area contributed by atoms with E-state index in [2.05, 4.69) is 0 Å². The lowest BCUT2D eigenvalue weighted by atomic mass is 9.76. The smallest absolute Gasteiger partial charge is 0.206 e. The third-order valence-corrected chi connectivity index (χ3v) is 20.7. The second kappa shape index (κ2) is 40.3. The first-order chi connectivity index (χ1) is 54.6. The van der Waals surface area contributed by atoms with E-state index in [0.29, 0.717) is 22.3 Å². The van der Waals surface area contributed by atoms with Gasteiger partial charge in [-0.3, -0.25) is 0 Å². The maximum atomic E-state index is 13.7. The maximum Gasteiger partial charge on any atom is 0.416 e. The summed E-state index contributed by atoms with van der Waals surface area (Å²) in [4.78, 5) is 0. The van der Waals surface area contributed by atoms with Crippen molar-refractivity contribution < 1.29 is 114 Å². The third kappa shape index (κ3) is 25.2. The van der Waals surface area contributed by atoms with Gasteiger partial charge in [0, 0.05) is 72.3 Å². The number of alkyl halides is 3. The fourth-order valence-electron chi connectivity index (χ4n) is 14.8. The standard InChI is InChI=1S/C15H21F3.C13H18F2.3C12H15F3.3C11H12F4/c1-8-10(3)13(15(16,17)18)11(4)9(2)12(8)14(5,6)7;1-7-10(13(4,5)6)8(2)12(15)9(3)11(7)14;3*1-6-8(12(3,4)5)11(15)10(14)7(2)9(6)13;3*1-5-7(12)9(14)6(11(2,3)4)10(15)8(5)13/h1-7H3;1-6H3;3*1-5H3;3*1-4H3. The first-order valence-electron chi connectivity index (χ1n) is 39.2. The highest BCUT2D eigenvalue weighted by molar-refractivity contribution is 5.54. The molecule has 0 radical (unpaired) electrons. The number of rotatable bonds is 0. The van der Waals surface area contributed by atoms with Crippen molar-refractivity contribution in [3.05, 3.63) is 273 Å². The van der Waals surface area contributed by atoms with Gasteiger partial charge in [0.25, 0.3) is 0 Å². The van der Waals surface area contributed by atoms with Crippen LogP contribution >= 0.6 is 0 Å². The van der Waals surface area contributed by atoms with E-state index >= 15 is 0 Å². The minimum Gasteiger partial charge on any atom is -0.206 e. The molecule has 0 N–H and O–H groups in total. The lowest BCUT2D eigenvalue weighted by Gasteiger charge is -2.29. The van der Waals surface area contributed by atoms with E-state index in [-0.39, 0.29) is 66.5 Å². The van der Waals surface area contributed by atoms with Crippen LogP contribution in [0.15, 0.2) is 0 Å². The van der Waals surface area contributed by atoms with Gasteiger partial charge in [0.15, 0.2) is 105 Å². The van der Waals surface area contributed by atoms with E-state index in [1.54, 1.807) is 104 Å². The molecule has 0 aliphatic heterocycles. The van der Waals surface area contributed by atoms with Gasteiger partial charge in [-0.15, -0.1) is 0 Å². The first-order valence-corrected chi connectivity index (χ1v) is 39.2. The summed E-state index contributed by atoms with van der Waals surface area (Å²) in [5.74, 6) is -24.6. The molecule has 0 fully saturated rings. The minimum atomic E-state index is -4.28. The molecule has 0 spiro atoms. The van der Waals surface area contributed by atoms with Crippen LogP contribution < -0.4 is 0 Å². The van der Waals surface area contributed by atoms with E-state index in [0.717, 1.165) is 43.0 Å². The van der Waals surface area contributed by atoms with Gasteiger partial charge in [-0.25, -0.2) is 101 Å². The van der Waals surface area contributed by atoms with Crippen molar-refractivity contribution in [2.45, 2.75) is 326 Å². The Labute approximate surface area is 710 Å². The monoisotopic (exact) mass is 1780 g/mol. The Kier molecular flexibility index (Phi) is 37.0. The van der Waals surface area contributed by atoms with Crippen LogP contribution in [0.25, 0.3) is 0 Å². The Hall–Kier alpha value is -8.06. The molecule has 0 saturated carbocycles. The van der Waals surface area contributed by atoms with Crippen LogP contribution in [0.4, 0.5) is 114 Å². The molecule has 0 heterocycles. The predicted octanol–water partition coefficient (Wildman–Crippen LogP) is 33.0. The van der Waals surface area contributed by atoms with Crippen LogP contribution in [0, 0.1) is 245 Å². The van der Waals surface area contributed by atoms with Crippen LogP contribution in [-0.2, 0) is 49.5 Å². The lowest BCUT2D eigenvalue weighted by molar-refractivity contribution is -0.138. The average Bonchev–Trinajstić information content (AvgIpc) is 0.750. The highest BCUT2D eigenvalue weighted by Crippen LogP contribution is 2.44. The number of hydrogen-bond acceptors (Lipinski definition) is 0. The van der Waals surface area contributed by atoms with E-state index in [1.807, 2.05) is 41.5 Å². The van der Waals surface area contributed by atoms with Crippen LogP contribution in [-0.4, -0.2) is 0 Å². The van der Waals surface area contributed by atoms with E-state index in [9.17, 15) is 114 Å². The van der Waals surface area contributed by atoms with Gasteiger partial charge in [0.2, 0.25) is 0 Å². The summed E-state index contributed by atoms with van der Waals surface area (Å²) >= 11 is 0. The second-order valence-corrected chi connectivity index (χ2v) is 39.1. The van der Waals surface area contributed by atoms with Crippen molar-refractivity contribution in [1.29, 1.82) is 0 Å². The molecule has 0 saturated heterocycles. The van der Waals surface area contributed by atoms with Gasteiger partial charge in [0.1, 0.15) is 29.1 Å². The molecular formula is C97H120F26. The van der Waals surface area contributed by atoms with Crippen molar-refractivity contribution in [3.8, 4) is 0 Å². The van der Waals surface area contributed by atoms with Gasteiger partial charge in [-0.1, -0.05) is 166 Å². The first kappa shape index (κ1) is 113. The molecule has 8 rings (SSSR count). The summed E-state index contributed by atoms with van der Waals surface area (Å²) in [6, 6.07) is 0. The highest BCUT2D eigenvalue weighted by atomic mass is 19.4. The molecule has 0 unspecified atom stereocenters. The molecule has 690 valence electrons. The number of benzene rings is 8. The van der Waals surface area contributed by atoms with Crippen molar-refractivity contribution in [2.75, 3.05) is 0 Å². The zero-order valence-electron chi connectivity index (χ0n) is 78.3. The topological polar surface area (TPSA) is 0 Å². The Morgan fingerprint density at radius 3 is 0.333 bits per heavy atom. The Bertz CT molecular complexity index is 4160. The SMILES string of the molecule is Cc1c(C)c(C(F)(F)F)c(C)c(C)c1C(C)(C)C.Cc1c(F)c(C)c(C(C)(C)C)c(C)c1F.Cc1c(F)c(C)c(C(C)(C)C)c(F)c1F.Cc1c(F)c(C)c(C(C)(C)C)c(F)c1F.Cc1c(F)c(C)c(C(C)(C)C)c(F)c1F.Cc1c(F)c(F)c(C(C)(C)C)c(F)c1F.Cc1c(F)c(F)c(C(C)(C)C)c(F)c1F.Cc1c(F)c(F)c(C(C)(C)C)c(F)c1F. The van der Waals surface area contributed by atoms with Crippen molar-refractivity contribution in [2.24, 2.45) is 0 Å². The van der Waals surface area contributed by atoms with Gasteiger partial charge in [-0.2, -0.15) is 13.2 Å². The van der Waals surface area contributed by atoms with E-state index < -0.39 is 211 Å². The molecule has 123 heavy (non-hydrogen) atoms. The van der Waals surface area contributed by atoms with Gasteiger partial charge in [0.05, 0.1) is 5.56 Å². The van der Waals surface area contributed by atoms with Crippen molar-refractivity contribution >= 4 is 0 Å². The molecule has 0 aliphatic carbocycles. The molecule has 8 aromatic rings. The molecule has 0 aliphatic rings. The lowest BCUT2D eigenvalue weighted by Crippen LogP contribution is -2.21. The van der Waals surface area contributed by atoms with Crippen LogP contribution in [0.5, 0.6) is 0 Å². The number of hydrogen-bond donors (Lipinski definition) is 0. The molecule has 8 aromatic carbocycles. The molecule has 0 aromatic heterocycles. The molecular weight excluding hydrogens is 1660 g/mol. The second-order valence-electron chi connectivity index (χ2n) is 39.1. The fraction of sp³-hybridized carbons (Fsp3) is 0.505. The summed E-state index contributed by atoms with van der Waals surface area (Å²) in [7, 11) is 0. The largest absolute Gasteiger partial charge is 0.416 e. The van der Waals surface area contributed by atoms with Gasteiger partial charge < -0.3 is 0 Å². The Morgan fingerprint density at radius 2 is 0.203 bits per heavy atom. The summed E-state index contributed by atoms with van der Waals surface area (Å²) in [6.45, 7) is 63.8. The minimum absolute atomic E-state index is 0.114. The summed E-state index contributed by atoms with van der Waals surface area (Å²) < 4.78 is 348. The van der Waals surface area contributed by atoms with Crippen molar-refractivity contribution in [3.63, 3.8) is 0 Å². The van der Waals surface area contributed by atoms with Crippen LogP contribution in [0.1, 0.15) is 305 Å². The van der Waals surface area contributed by atoms with Crippen molar-refractivity contribution in [1.82, 2.24) is 0 Å². The van der Waals surface area contributed by atoms with E-state index in [1.165, 1.54) is 111 Å². The van der Waals surface area contributed by atoms with Gasteiger partial charge in [-0.05, 0) is 215 Å². The normalized spacial score (nSPS) is 12.1. The summed E-state index contributed by atoms with van der Waals surface area (Å²) in [6.07, 6.45) is -4.28. The molecule has 0 amide bonds. The fourth-order valence-corrected chi connectivity index (χ4v) is 14.8. The molecule has 26 heteroatoms. The Balaban J connectivity index is 0.000000703. The van der Waals surface area contributed by atoms with Crippen LogP contribution in [0.3, 0.4) is 0 Å². The predicted molar refractivity (Wildman–Crippen MR) is 441 cm³/mol. The average molecular weight is 1780 g/mol. The number of halogens is 26. The maximum absolute atomic E-state index is 13.7. The summed E-state index contributed by atoms with van der Waals surface area (Å²) in [5, 5.41) is 0. The summed E-state index contributed by atoms with van der Waals surface area (Å²) in [5.41, 5.74) is -3.68. The molecule has 0 nitrogen and oxygen atoms in total. The molecule has 0 atom stereocenters. The Morgan fingerprint density at radius 1 is 0.106 bits per heavy atom. The van der Waals surface area contributed by atoms with E-state index in [4.69, 9.17) is 0 Å². The third-order valence-electron chi connectivity index (χ3n) is 20.7. The molecule has 0 bridgehead atoms. The zero-order chi connectivity index (χ0) is 98.2. The highest BCUT2D eigenvalue weighted by Gasteiger charge is 2.40. The van der Waals surface area contributed by atoms with Gasteiger partial charge >= 0.3 is 6.18 Å².